The molecular formula is C34H28N4Na4O16S4. The van der Waals surface area contributed by atoms with Crippen LogP contribution in [-0.2, 0) is 40.5 Å². The molecule has 2 heterocycles. The number of amides is 2. The van der Waals surface area contributed by atoms with E-state index in [4.69, 9.17) is 0 Å². The van der Waals surface area contributed by atoms with Crippen LogP contribution in [0.1, 0.15) is 37.5 Å². The van der Waals surface area contributed by atoms with Gasteiger partial charge in [-0.2, -0.15) is 33.7 Å². The smallest absolute Gasteiger partial charge is 1.00 e. The zero-order chi connectivity index (χ0) is 42.5. The van der Waals surface area contributed by atoms with Gasteiger partial charge in [0.15, 0.2) is 11.5 Å². The molecule has 0 spiro atoms. The number of hydrogen-bond donors (Lipinski definition) is 8. The average molecular weight is 969 g/mol. The normalized spacial score (nSPS) is 11.7. The Morgan fingerprint density at radius 3 is 1.13 bits per heavy atom. The van der Waals surface area contributed by atoms with Crippen molar-refractivity contribution in [1.29, 1.82) is 0 Å². The monoisotopic (exact) mass is 968 g/mol. The Balaban J connectivity index is -0.00000496. The number of pyridine rings is 2. The van der Waals surface area contributed by atoms with Crippen LogP contribution in [0.4, 0.5) is 11.4 Å². The van der Waals surface area contributed by atoms with Crippen molar-refractivity contribution in [2.24, 2.45) is 0 Å². The van der Waals surface area contributed by atoms with Crippen molar-refractivity contribution in [3.63, 3.8) is 0 Å². The molecule has 0 aliphatic heterocycles. The molecule has 8 N–H and O–H groups in total. The third-order valence-electron chi connectivity index (χ3n) is 8.24. The van der Waals surface area contributed by atoms with Crippen molar-refractivity contribution in [2.75, 3.05) is 10.6 Å². The van der Waals surface area contributed by atoms with E-state index in [0.29, 0.717) is 12.1 Å². The van der Waals surface area contributed by atoms with Gasteiger partial charge in [-0.3, -0.25) is 37.8 Å². The Kier molecular flexibility index (Phi) is 19.1. The fourth-order valence-electron chi connectivity index (χ4n) is 5.69. The minimum Gasteiger partial charge on any atom is -1.00 e. The van der Waals surface area contributed by atoms with Gasteiger partial charge in [-0.1, -0.05) is 24.3 Å². The molecule has 0 radical (unpaired) electrons. The van der Waals surface area contributed by atoms with E-state index in [1.165, 1.54) is 36.7 Å². The first-order valence-corrected chi connectivity index (χ1v) is 21.4. The third kappa shape index (κ3) is 12.3. The van der Waals surface area contributed by atoms with Crippen LogP contribution in [0.2, 0.25) is 0 Å². The van der Waals surface area contributed by atoms with Gasteiger partial charge < -0.3 is 26.6 Å². The quantitative estimate of drug-likeness (QED) is 0.0359. The number of carbonyl (C=O) groups excluding carboxylic acids is 2. The summed E-state index contributed by atoms with van der Waals surface area (Å²) in [5.41, 5.74) is -3.36. The maximum Gasteiger partial charge on any atom is 1.00 e. The molecule has 0 unspecified atom stereocenters. The molecule has 0 aliphatic carbocycles. The number of carbonyl (C=O) groups is 2. The fourth-order valence-corrected chi connectivity index (χ4v) is 8.53. The summed E-state index contributed by atoms with van der Waals surface area (Å²) in [5, 5.41) is 25.4. The number of rotatable bonds is 10. The van der Waals surface area contributed by atoms with Crippen LogP contribution in [0.5, 0.6) is 11.5 Å². The number of hydrogen-bond acceptors (Lipinski definition) is 14. The van der Waals surface area contributed by atoms with Crippen molar-refractivity contribution >= 4 is 97.6 Å². The maximum absolute atomic E-state index is 13.2. The molecule has 28 heteroatoms. The molecule has 308 valence electrons. The van der Waals surface area contributed by atoms with Gasteiger partial charge in [0.1, 0.15) is 30.6 Å². The number of aromatic hydroxyl groups is 2. The molecule has 0 saturated heterocycles. The SMILES string of the molecule is O=C(Nc1ccc(/C=C/c2ccc(NC(=O)c3cc(S(=O)(=O)O)c4cccnc4c3O)cc2S(=O)(=O)O)c(S(=O)(=O)O)c1)c1cc(S(=O)(=O)O)c2cccnc2c1O.[H-].[H-].[H-].[H-].[Na+].[Na+].[Na+].[Na+]. The Morgan fingerprint density at radius 2 is 0.823 bits per heavy atom. The minimum atomic E-state index is -5.11. The van der Waals surface area contributed by atoms with Crippen LogP contribution >= 0.6 is 0 Å². The number of phenolic OH excluding ortho intramolecular Hbond substituents is 2. The number of nitrogens with zero attached hydrogens (tertiary/aromatic N) is 2. The molecule has 2 aromatic heterocycles. The van der Waals surface area contributed by atoms with E-state index < -0.39 is 94.5 Å². The number of phenols is 2. The number of fused-ring (bicyclic) bond motifs is 2. The van der Waals surface area contributed by atoms with Gasteiger partial charge in [-0.15, -0.1) is 0 Å². The van der Waals surface area contributed by atoms with Gasteiger partial charge in [0.05, 0.1) is 11.1 Å². The zero-order valence-corrected chi connectivity index (χ0v) is 43.8. The van der Waals surface area contributed by atoms with Gasteiger partial charge in [-0.25, -0.2) is 0 Å². The zero-order valence-electron chi connectivity index (χ0n) is 36.5. The molecule has 4 aromatic carbocycles. The summed E-state index contributed by atoms with van der Waals surface area (Å²) >= 11 is 0. The Labute approximate surface area is 446 Å². The number of nitrogens with one attached hydrogen (secondary N) is 2. The van der Waals surface area contributed by atoms with Crippen molar-refractivity contribution in [3.05, 3.63) is 107 Å². The van der Waals surface area contributed by atoms with Gasteiger partial charge in [0.25, 0.3) is 52.3 Å². The number of aromatic nitrogens is 2. The van der Waals surface area contributed by atoms with Crippen molar-refractivity contribution in [1.82, 2.24) is 9.97 Å². The molecular weight excluding hydrogens is 941 g/mol. The van der Waals surface area contributed by atoms with Crippen molar-refractivity contribution in [3.8, 4) is 11.5 Å². The van der Waals surface area contributed by atoms with E-state index in [1.54, 1.807) is 0 Å². The molecule has 20 nitrogen and oxygen atoms in total. The number of benzene rings is 4. The standard InChI is InChI=1S/C34H24N4O16S4.4Na.4H/c39-31-23(15-27(57(49,50)51)21-3-1-11-35-29(21)31)33(41)37-19-9-7-17(25(13-19)55(43,44)45)5-6-18-8-10-20(14-26(18)56(46,47)48)38-34(42)24-16-28(58(52,53)54)22-4-2-12-36-30(22)32(24)40;;;;;;;;/h1-16,39-40H,(H,37,41)(H,38,42)(H,43,44,45)(H,46,47,48)(H,49,50,51)(H,52,53,54);;;;;;;;/q;4*+1;4*-1/b6-5+;;;;;;;;. The second-order valence-electron chi connectivity index (χ2n) is 12.0. The molecule has 6 rings (SSSR count). The van der Waals surface area contributed by atoms with E-state index in [1.807, 2.05) is 0 Å². The van der Waals surface area contributed by atoms with Crippen LogP contribution in [0.25, 0.3) is 34.0 Å². The fraction of sp³-hybridized carbons (Fsp3) is 0. The summed E-state index contributed by atoms with van der Waals surface area (Å²) in [6, 6.07) is 12.2. The molecule has 62 heavy (non-hydrogen) atoms. The Hall–Kier alpha value is -2.38. The summed E-state index contributed by atoms with van der Waals surface area (Å²) in [7, 11) is -20.1. The van der Waals surface area contributed by atoms with Gasteiger partial charge in [0, 0.05) is 34.5 Å². The van der Waals surface area contributed by atoms with E-state index in [-0.39, 0.29) is 168 Å². The summed E-state index contributed by atoms with van der Waals surface area (Å²) in [4.78, 5) is 30.8. The average Bonchev–Trinajstić information content (AvgIpc) is 3.13. The first kappa shape index (κ1) is 55.8. The number of anilines is 2. The largest absolute Gasteiger partial charge is 1.00 e. The van der Waals surface area contributed by atoms with Crippen molar-refractivity contribution in [2.45, 2.75) is 19.6 Å². The van der Waals surface area contributed by atoms with Crippen LogP contribution in [-0.4, -0.2) is 83.9 Å². The van der Waals surface area contributed by atoms with Crippen molar-refractivity contribution < 1.29 is 196 Å². The van der Waals surface area contributed by atoms with Crippen LogP contribution in [0.3, 0.4) is 0 Å². The molecule has 0 saturated carbocycles. The summed E-state index contributed by atoms with van der Waals surface area (Å²) in [5.74, 6) is -3.97. The summed E-state index contributed by atoms with van der Waals surface area (Å²) in [6.45, 7) is 0. The first-order chi connectivity index (χ1) is 26.9. The molecule has 0 bridgehead atoms. The molecule has 0 atom stereocenters. The summed E-state index contributed by atoms with van der Waals surface area (Å²) < 4.78 is 137. The first-order valence-electron chi connectivity index (χ1n) is 15.7. The molecule has 6 aromatic rings. The molecule has 0 fully saturated rings. The predicted molar refractivity (Wildman–Crippen MR) is 208 cm³/mol. The van der Waals surface area contributed by atoms with E-state index >= 15 is 0 Å². The third-order valence-corrected chi connectivity index (χ3v) is 11.8. The van der Waals surface area contributed by atoms with Crippen LogP contribution < -0.4 is 129 Å². The van der Waals surface area contributed by atoms with Gasteiger partial charge in [0.2, 0.25) is 0 Å². The van der Waals surface area contributed by atoms with Crippen LogP contribution in [0, 0.1) is 0 Å². The van der Waals surface area contributed by atoms with Gasteiger partial charge in [-0.05, 0) is 71.8 Å². The van der Waals surface area contributed by atoms with E-state index in [9.17, 15) is 71.7 Å². The predicted octanol–water partition coefficient (Wildman–Crippen LogP) is -7.68. The Morgan fingerprint density at radius 1 is 0.500 bits per heavy atom. The minimum absolute atomic E-state index is 0. The van der Waals surface area contributed by atoms with Crippen LogP contribution in [0.15, 0.2) is 105 Å². The topological polar surface area (TPSA) is 342 Å². The molecule has 0 aliphatic rings. The van der Waals surface area contributed by atoms with E-state index in [2.05, 4.69) is 20.6 Å². The Bertz CT molecular complexity index is 3070. The maximum atomic E-state index is 13.2. The second kappa shape index (κ2) is 21.3. The molecule has 2 amide bonds. The second-order valence-corrected chi connectivity index (χ2v) is 17.5. The van der Waals surface area contributed by atoms with E-state index in [0.717, 1.165) is 48.6 Å². The van der Waals surface area contributed by atoms with Gasteiger partial charge >= 0.3 is 118 Å². The summed E-state index contributed by atoms with van der Waals surface area (Å²) in [6.07, 6.45) is 4.34.